The number of anilines is 2. The van der Waals surface area contributed by atoms with Crippen LogP contribution in [0.25, 0.3) is 0 Å². The Balaban J connectivity index is 2.46. The zero-order valence-corrected chi connectivity index (χ0v) is 11.0. The fourth-order valence-corrected chi connectivity index (χ4v) is 1.76. The third-order valence-electron chi connectivity index (χ3n) is 2.95. The first-order valence-corrected chi connectivity index (χ1v) is 6.27. The van der Waals surface area contributed by atoms with Gasteiger partial charge in [-0.15, -0.1) is 0 Å². The van der Waals surface area contributed by atoms with Crippen LogP contribution in [0.1, 0.15) is 32.4 Å². The minimum Gasteiger partial charge on any atom is -0.396 e. The standard InChI is InChI=1S/C12H24N4O/c1-4-16-12(11(13)10(3)15-16)14-7-5-6-9(2)8-17/h9,14,17H,4-8,13H2,1-3H3. The summed E-state index contributed by atoms with van der Waals surface area (Å²) in [5.74, 6) is 1.29. The lowest BCUT2D eigenvalue weighted by molar-refractivity contribution is 0.229. The van der Waals surface area contributed by atoms with Crippen LogP contribution in [-0.4, -0.2) is 28.0 Å². The van der Waals surface area contributed by atoms with E-state index in [9.17, 15) is 0 Å². The van der Waals surface area contributed by atoms with Gasteiger partial charge in [-0.1, -0.05) is 6.92 Å². The summed E-state index contributed by atoms with van der Waals surface area (Å²) in [6.07, 6.45) is 2.04. The van der Waals surface area contributed by atoms with E-state index in [1.165, 1.54) is 0 Å². The van der Waals surface area contributed by atoms with Gasteiger partial charge in [-0.3, -0.25) is 0 Å². The Labute approximate surface area is 103 Å². The topological polar surface area (TPSA) is 76.1 Å². The molecule has 1 atom stereocenters. The zero-order chi connectivity index (χ0) is 12.8. The Bertz CT molecular complexity index is 349. The fraction of sp³-hybridized carbons (Fsp3) is 0.750. The van der Waals surface area contributed by atoms with Gasteiger partial charge in [0.2, 0.25) is 0 Å². The lowest BCUT2D eigenvalue weighted by Crippen LogP contribution is -2.11. The molecule has 1 rings (SSSR count). The number of aliphatic hydroxyl groups excluding tert-OH is 1. The van der Waals surface area contributed by atoms with Crippen LogP contribution in [0, 0.1) is 12.8 Å². The van der Waals surface area contributed by atoms with Gasteiger partial charge in [0.1, 0.15) is 5.82 Å². The Morgan fingerprint density at radius 1 is 1.53 bits per heavy atom. The predicted octanol–water partition coefficient (Wildman–Crippen LogP) is 1.61. The smallest absolute Gasteiger partial charge is 0.148 e. The molecule has 1 aromatic heterocycles. The molecule has 0 aliphatic rings. The van der Waals surface area contributed by atoms with Crippen LogP contribution in [0.4, 0.5) is 11.5 Å². The molecule has 0 saturated carbocycles. The average molecular weight is 240 g/mol. The van der Waals surface area contributed by atoms with Gasteiger partial charge in [0.25, 0.3) is 0 Å². The summed E-state index contributed by atoms with van der Waals surface area (Å²) in [7, 11) is 0. The van der Waals surface area contributed by atoms with Crippen molar-refractivity contribution in [3.63, 3.8) is 0 Å². The maximum atomic E-state index is 8.93. The van der Waals surface area contributed by atoms with Crippen molar-refractivity contribution in [1.29, 1.82) is 0 Å². The largest absolute Gasteiger partial charge is 0.396 e. The molecule has 0 amide bonds. The molecule has 4 N–H and O–H groups in total. The van der Waals surface area contributed by atoms with E-state index in [-0.39, 0.29) is 6.61 Å². The van der Waals surface area contributed by atoms with E-state index in [4.69, 9.17) is 10.8 Å². The molecule has 1 heterocycles. The molecular formula is C12H24N4O. The summed E-state index contributed by atoms with van der Waals surface area (Å²) < 4.78 is 1.89. The molecule has 1 aromatic rings. The van der Waals surface area contributed by atoms with Crippen LogP contribution in [-0.2, 0) is 6.54 Å². The minimum atomic E-state index is 0.258. The van der Waals surface area contributed by atoms with Crippen molar-refractivity contribution < 1.29 is 5.11 Å². The van der Waals surface area contributed by atoms with E-state index in [1.807, 2.05) is 18.5 Å². The molecule has 0 spiro atoms. The Morgan fingerprint density at radius 2 is 2.24 bits per heavy atom. The summed E-state index contributed by atoms with van der Waals surface area (Å²) in [5.41, 5.74) is 7.57. The Hall–Kier alpha value is -1.23. The van der Waals surface area contributed by atoms with Crippen molar-refractivity contribution in [3.05, 3.63) is 5.69 Å². The van der Waals surface area contributed by atoms with Crippen LogP contribution in [0.15, 0.2) is 0 Å². The van der Waals surface area contributed by atoms with Crippen molar-refractivity contribution in [2.75, 3.05) is 24.2 Å². The number of nitrogens with zero attached hydrogens (tertiary/aromatic N) is 2. The van der Waals surface area contributed by atoms with E-state index < -0.39 is 0 Å². The molecule has 98 valence electrons. The number of aromatic nitrogens is 2. The lowest BCUT2D eigenvalue weighted by Gasteiger charge is -2.11. The highest BCUT2D eigenvalue weighted by Gasteiger charge is 2.10. The molecule has 0 bridgehead atoms. The second kappa shape index (κ2) is 6.49. The Morgan fingerprint density at radius 3 is 2.82 bits per heavy atom. The monoisotopic (exact) mass is 240 g/mol. The number of aliphatic hydroxyl groups is 1. The number of aryl methyl sites for hydroxylation is 2. The van der Waals surface area contributed by atoms with Crippen molar-refractivity contribution in [2.24, 2.45) is 5.92 Å². The maximum Gasteiger partial charge on any atom is 0.148 e. The zero-order valence-electron chi connectivity index (χ0n) is 11.0. The van der Waals surface area contributed by atoms with E-state index in [2.05, 4.69) is 17.3 Å². The molecule has 5 nitrogen and oxygen atoms in total. The predicted molar refractivity (Wildman–Crippen MR) is 71.0 cm³/mol. The average Bonchev–Trinajstić information content (AvgIpc) is 2.61. The molecular weight excluding hydrogens is 216 g/mol. The van der Waals surface area contributed by atoms with E-state index in [0.29, 0.717) is 5.92 Å². The highest BCUT2D eigenvalue weighted by atomic mass is 16.3. The normalized spacial score (nSPS) is 12.7. The Kier molecular flexibility index (Phi) is 5.28. The first-order chi connectivity index (χ1) is 8.10. The van der Waals surface area contributed by atoms with Crippen LogP contribution in [0.2, 0.25) is 0 Å². The summed E-state index contributed by atoms with van der Waals surface area (Å²) in [4.78, 5) is 0. The van der Waals surface area contributed by atoms with Crippen molar-refractivity contribution in [2.45, 2.75) is 40.2 Å². The second-order valence-corrected chi connectivity index (χ2v) is 4.52. The van der Waals surface area contributed by atoms with Crippen LogP contribution in [0.3, 0.4) is 0 Å². The maximum absolute atomic E-state index is 8.93. The number of nitrogens with one attached hydrogen (secondary N) is 1. The molecule has 0 aliphatic carbocycles. The van der Waals surface area contributed by atoms with Gasteiger partial charge in [-0.2, -0.15) is 5.10 Å². The lowest BCUT2D eigenvalue weighted by atomic mass is 10.1. The van der Waals surface area contributed by atoms with Gasteiger partial charge in [0.15, 0.2) is 0 Å². The quantitative estimate of drug-likeness (QED) is 0.633. The highest BCUT2D eigenvalue weighted by molar-refractivity contribution is 5.64. The molecule has 0 saturated heterocycles. The second-order valence-electron chi connectivity index (χ2n) is 4.52. The van der Waals surface area contributed by atoms with E-state index >= 15 is 0 Å². The summed E-state index contributed by atoms with van der Waals surface area (Å²) in [6.45, 7) is 7.95. The van der Waals surface area contributed by atoms with Crippen molar-refractivity contribution in [1.82, 2.24) is 9.78 Å². The first kappa shape index (κ1) is 13.8. The van der Waals surface area contributed by atoms with Gasteiger partial charge in [0.05, 0.1) is 11.4 Å². The van der Waals surface area contributed by atoms with Gasteiger partial charge in [-0.05, 0) is 32.6 Å². The van der Waals surface area contributed by atoms with Gasteiger partial charge >= 0.3 is 0 Å². The van der Waals surface area contributed by atoms with E-state index in [1.54, 1.807) is 0 Å². The SMILES string of the molecule is CCn1nc(C)c(N)c1NCCCC(C)CO. The molecule has 0 radical (unpaired) electrons. The molecule has 0 aromatic carbocycles. The van der Waals surface area contributed by atoms with Crippen molar-refractivity contribution in [3.8, 4) is 0 Å². The molecule has 0 fully saturated rings. The number of nitrogens with two attached hydrogens (primary N) is 1. The number of rotatable bonds is 7. The summed E-state index contributed by atoms with van der Waals surface area (Å²) >= 11 is 0. The van der Waals surface area contributed by atoms with Crippen LogP contribution in [0.5, 0.6) is 0 Å². The third-order valence-corrected chi connectivity index (χ3v) is 2.95. The van der Waals surface area contributed by atoms with Crippen LogP contribution < -0.4 is 11.1 Å². The first-order valence-electron chi connectivity index (χ1n) is 6.27. The summed E-state index contributed by atoms with van der Waals surface area (Å²) in [6, 6.07) is 0. The molecule has 0 aliphatic heterocycles. The minimum absolute atomic E-state index is 0.258. The molecule has 17 heavy (non-hydrogen) atoms. The fourth-order valence-electron chi connectivity index (χ4n) is 1.76. The highest BCUT2D eigenvalue weighted by Crippen LogP contribution is 2.22. The third kappa shape index (κ3) is 3.63. The van der Waals surface area contributed by atoms with Crippen LogP contribution >= 0.6 is 0 Å². The van der Waals surface area contributed by atoms with E-state index in [0.717, 1.165) is 43.1 Å². The van der Waals surface area contributed by atoms with Crippen molar-refractivity contribution >= 4 is 11.5 Å². The van der Waals surface area contributed by atoms with Gasteiger partial charge in [0, 0.05) is 19.7 Å². The number of hydrogen-bond donors (Lipinski definition) is 3. The molecule has 5 heteroatoms. The van der Waals surface area contributed by atoms with Gasteiger partial charge < -0.3 is 16.2 Å². The summed E-state index contributed by atoms with van der Waals surface area (Å²) in [5, 5.41) is 16.6. The van der Waals surface area contributed by atoms with Gasteiger partial charge in [-0.25, -0.2) is 4.68 Å². The molecule has 1 unspecified atom stereocenters. The number of hydrogen-bond acceptors (Lipinski definition) is 4. The number of nitrogen functional groups attached to an aromatic ring is 1.